The van der Waals surface area contributed by atoms with E-state index in [1.807, 2.05) is 6.92 Å². The lowest BCUT2D eigenvalue weighted by atomic mass is 9.97. The lowest BCUT2D eigenvalue weighted by molar-refractivity contribution is 0.589. The highest BCUT2D eigenvalue weighted by atomic mass is 15.2. The molecule has 114 valence electrons. The highest BCUT2D eigenvalue weighted by molar-refractivity contribution is 5.76. The van der Waals surface area contributed by atoms with Crippen molar-refractivity contribution in [2.45, 2.75) is 45.4 Å². The third kappa shape index (κ3) is 4.29. The molecule has 0 spiro atoms. The second-order valence-electron chi connectivity index (χ2n) is 4.69. The molecule has 0 saturated heterocycles. The van der Waals surface area contributed by atoms with Crippen LogP contribution in [0.5, 0.6) is 0 Å². The van der Waals surface area contributed by atoms with Crippen molar-refractivity contribution >= 4 is 17.1 Å². The van der Waals surface area contributed by atoms with Gasteiger partial charge in [-0.3, -0.25) is 4.98 Å². The Kier molecular flexibility index (Phi) is 7.08. The molecular weight excluding hydrogens is 284 g/mol. The largest absolute Gasteiger partial charge is 0.260 e. The van der Waals surface area contributed by atoms with Gasteiger partial charge in [-0.25, -0.2) is 0 Å². The lowest BCUT2D eigenvalue weighted by Gasteiger charge is -2.15. The number of aromatic nitrogens is 1. The molecule has 0 radical (unpaired) electrons. The van der Waals surface area contributed by atoms with Crippen LogP contribution in [0.4, 0.5) is 17.1 Å². The van der Waals surface area contributed by atoms with Crippen molar-refractivity contribution < 1.29 is 0 Å². The predicted molar refractivity (Wildman–Crippen MR) is 83.2 cm³/mol. The second-order valence-corrected chi connectivity index (χ2v) is 4.69. The third-order valence-electron chi connectivity index (χ3n) is 3.18. The van der Waals surface area contributed by atoms with Crippen LogP contribution >= 0.6 is 0 Å². The Morgan fingerprint density at radius 3 is 2.27 bits per heavy atom. The van der Waals surface area contributed by atoms with Crippen LogP contribution in [0.3, 0.4) is 0 Å². The van der Waals surface area contributed by atoms with E-state index in [1.165, 1.54) is 6.20 Å². The van der Waals surface area contributed by atoms with Gasteiger partial charge in [-0.05, 0) is 28.9 Å². The summed E-state index contributed by atoms with van der Waals surface area (Å²) in [6, 6.07) is 0. The van der Waals surface area contributed by atoms with Crippen molar-refractivity contribution in [3.05, 3.63) is 43.2 Å². The number of rotatable bonds is 8. The predicted octanol–water partition coefficient (Wildman–Crippen LogP) is 6.59. The first kappa shape index (κ1) is 17.1. The Morgan fingerprint density at radius 1 is 1.05 bits per heavy atom. The van der Waals surface area contributed by atoms with E-state index >= 15 is 0 Å². The topological polar surface area (TPSA) is 159 Å². The molecule has 0 aliphatic rings. The van der Waals surface area contributed by atoms with E-state index in [9.17, 15) is 0 Å². The first-order valence-corrected chi connectivity index (χ1v) is 6.87. The van der Waals surface area contributed by atoms with Gasteiger partial charge in [0.2, 0.25) is 0 Å². The summed E-state index contributed by atoms with van der Waals surface area (Å²) in [5, 5.41) is 10.5. The summed E-state index contributed by atoms with van der Waals surface area (Å²) in [5.41, 5.74) is 26.7. The van der Waals surface area contributed by atoms with Gasteiger partial charge < -0.3 is 0 Å². The van der Waals surface area contributed by atoms with Gasteiger partial charge in [-0.1, -0.05) is 48.5 Å². The summed E-state index contributed by atoms with van der Waals surface area (Å²) in [5.74, 6) is 0.0276. The van der Waals surface area contributed by atoms with Gasteiger partial charge in [0.05, 0.1) is 22.8 Å². The first-order valence-electron chi connectivity index (χ1n) is 6.87. The molecule has 0 bridgehead atoms. The normalized spacial score (nSPS) is 10.8. The van der Waals surface area contributed by atoms with Gasteiger partial charge in [0.25, 0.3) is 0 Å². The van der Waals surface area contributed by atoms with Crippen LogP contribution in [0.25, 0.3) is 31.3 Å². The Hall–Kier alpha value is -2.92. The standard InChI is InChI=1S/C12H16N10/c1-3-4-5-6-8(2)10-12(19-22-15)11(18-21-14)9(7-16-10)17-20-13/h7-8H,3-6H2,1-2H3. The van der Waals surface area contributed by atoms with Gasteiger partial charge in [0.15, 0.2) is 0 Å². The monoisotopic (exact) mass is 300 g/mol. The molecule has 0 N–H and O–H groups in total. The molecule has 22 heavy (non-hydrogen) atoms. The number of azide groups is 3. The van der Waals surface area contributed by atoms with Gasteiger partial charge in [-0.2, -0.15) is 0 Å². The maximum atomic E-state index is 8.75. The van der Waals surface area contributed by atoms with Gasteiger partial charge in [0, 0.05) is 20.9 Å². The van der Waals surface area contributed by atoms with E-state index < -0.39 is 0 Å². The van der Waals surface area contributed by atoms with Crippen LogP contribution < -0.4 is 0 Å². The number of hydrogen-bond acceptors (Lipinski definition) is 4. The van der Waals surface area contributed by atoms with Gasteiger partial charge in [-0.15, -0.1) is 0 Å². The minimum absolute atomic E-state index is 0.00504. The summed E-state index contributed by atoms with van der Waals surface area (Å²) in [6.07, 6.45) is 5.41. The number of hydrogen-bond donors (Lipinski definition) is 0. The fourth-order valence-corrected chi connectivity index (χ4v) is 2.10. The number of unbranched alkanes of at least 4 members (excludes halogenated alkanes) is 2. The van der Waals surface area contributed by atoms with Gasteiger partial charge >= 0.3 is 0 Å². The highest BCUT2D eigenvalue weighted by Gasteiger charge is 2.17. The van der Waals surface area contributed by atoms with E-state index in [0.717, 1.165) is 25.7 Å². The highest BCUT2D eigenvalue weighted by Crippen LogP contribution is 2.42. The molecule has 0 saturated carbocycles. The van der Waals surface area contributed by atoms with Crippen LogP contribution in [0, 0.1) is 0 Å². The molecule has 1 aromatic heterocycles. The third-order valence-corrected chi connectivity index (χ3v) is 3.18. The minimum atomic E-state index is 0.00504. The van der Waals surface area contributed by atoms with E-state index in [2.05, 4.69) is 42.0 Å². The molecule has 0 amide bonds. The zero-order chi connectivity index (χ0) is 16.4. The van der Waals surface area contributed by atoms with Crippen LogP contribution in [0.15, 0.2) is 21.5 Å². The molecule has 0 aliphatic carbocycles. The van der Waals surface area contributed by atoms with Crippen LogP contribution in [-0.4, -0.2) is 4.98 Å². The minimum Gasteiger partial charge on any atom is -0.260 e. The second kappa shape index (κ2) is 9.10. The zero-order valence-corrected chi connectivity index (χ0v) is 12.5. The smallest absolute Gasteiger partial charge is 0.0693 e. The Balaban J connectivity index is 3.39. The molecular formula is C12H16N10. The first-order chi connectivity index (χ1) is 10.7. The van der Waals surface area contributed by atoms with E-state index in [1.54, 1.807) is 0 Å². The fraction of sp³-hybridized carbons (Fsp3) is 0.583. The molecule has 0 aliphatic heterocycles. The molecule has 0 aromatic carbocycles. The molecule has 1 aromatic rings. The van der Waals surface area contributed by atoms with Crippen LogP contribution in [0.2, 0.25) is 0 Å². The van der Waals surface area contributed by atoms with Crippen molar-refractivity contribution in [1.29, 1.82) is 0 Å². The maximum absolute atomic E-state index is 8.75. The van der Waals surface area contributed by atoms with Crippen molar-refractivity contribution in [1.82, 2.24) is 4.98 Å². The molecule has 1 unspecified atom stereocenters. The summed E-state index contributed by atoms with van der Waals surface area (Å²) in [7, 11) is 0. The van der Waals surface area contributed by atoms with E-state index in [4.69, 9.17) is 16.6 Å². The molecule has 1 rings (SSSR count). The lowest BCUT2D eigenvalue weighted by Crippen LogP contribution is -1.98. The van der Waals surface area contributed by atoms with E-state index in [0.29, 0.717) is 5.69 Å². The Morgan fingerprint density at radius 2 is 1.68 bits per heavy atom. The number of pyridine rings is 1. The summed E-state index contributed by atoms with van der Waals surface area (Å²) < 4.78 is 0. The van der Waals surface area contributed by atoms with E-state index in [-0.39, 0.29) is 23.0 Å². The van der Waals surface area contributed by atoms with Crippen molar-refractivity contribution in [2.75, 3.05) is 0 Å². The molecule has 10 nitrogen and oxygen atoms in total. The quantitative estimate of drug-likeness (QED) is 0.225. The Labute approximate surface area is 127 Å². The fourth-order valence-electron chi connectivity index (χ4n) is 2.10. The summed E-state index contributed by atoms with van der Waals surface area (Å²) in [6.45, 7) is 4.07. The number of nitrogens with zero attached hydrogens (tertiary/aromatic N) is 10. The zero-order valence-electron chi connectivity index (χ0n) is 12.5. The van der Waals surface area contributed by atoms with Crippen molar-refractivity contribution in [3.8, 4) is 0 Å². The molecule has 10 heteroatoms. The Bertz CT molecular complexity index is 663. The van der Waals surface area contributed by atoms with Gasteiger partial charge in [0.1, 0.15) is 0 Å². The van der Waals surface area contributed by atoms with Crippen LogP contribution in [0.1, 0.15) is 51.1 Å². The average Bonchev–Trinajstić information content (AvgIpc) is 2.51. The molecule has 1 atom stereocenters. The molecule has 0 fully saturated rings. The molecule has 1 heterocycles. The van der Waals surface area contributed by atoms with Crippen molar-refractivity contribution in [2.24, 2.45) is 15.3 Å². The average molecular weight is 300 g/mol. The summed E-state index contributed by atoms with van der Waals surface area (Å²) >= 11 is 0. The SMILES string of the molecule is CCCCCC(C)c1ncc(N=[N+]=[N-])c(N=[N+]=[N-])c1N=[N+]=[N-]. The maximum Gasteiger partial charge on any atom is 0.0693 e. The van der Waals surface area contributed by atoms with Crippen LogP contribution in [-0.2, 0) is 0 Å². The summed E-state index contributed by atoms with van der Waals surface area (Å²) in [4.78, 5) is 12.3. The van der Waals surface area contributed by atoms with Crippen molar-refractivity contribution in [3.63, 3.8) is 0 Å².